The maximum atomic E-state index is 13.0. The van der Waals surface area contributed by atoms with Crippen LogP contribution < -0.4 is 10.6 Å². The van der Waals surface area contributed by atoms with Gasteiger partial charge in [0, 0.05) is 6.54 Å². The fraction of sp³-hybridized carbons (Fsp3) is 0.478. The summed E-state index contributed by atoms with van der Waals surface area (Å²) in [5.74, 6) is -0.593. The number of ether oxygens (including phenoxy) is 1. The Balaban J connectivity index is 1.67. The predicted octanol–water partition coefficient (Wildman–Crippen LogP) is 4.74. The maximum absolute atomic E-state index is 13.0. The van der Waals surface area contributed by atoms with E-state index in [0.29, 0.717) is 29.5 Å². The number of carbonyl (C=O) groups excluding carboxylic acids is 3. The summed E-state index contributed by atoms with van der Waals surface area (Å²) in [4.78, 5) is 43.6. The van der Waals surface area contributed by atoms with Crippen molar-refractivity contribution in [2.24, 2.45) is 5.92 Å². The van der Waals surface area contributed by atoms with E-state index in [4.69, 9.17) is 4.74 Å². The van der Waals surface area contributed by atoms with Crippen LogP contribution in [0.5, 0.6) is 0 Å². The quantitative estimate of drug-likeness (QED) is 0.647. The molecule has 1 saturated heterocycles. The van der Waals surface area contributed by atoms with Gasteiger partial charge in [0.15, 0.2) is 0 Å². The summed E-state index contributed by atoms with van der Waals surface area (Å²) in [6.07, 6.45) is 2.64. The second-order valence-electron chi connectivity index (χ2n) is 9.18. The molecule has 0 bridgehead atoms. The van der Waals surface area contributed by atoms with E-state index in [1.165, 1.54) is 6.20 Å². The Morgan fingerprint density at radius 2 is 1.97 bits per heavy atom. The lowest BCUT2D eigenvalue weighted by Gasteiger charge is -2.38. The lowest BCUT2D eigenvalue weighted by atomic mass is 9.91. The van der Waals surface area contributed by atoms with E-state index in [1.807, 2.05) is 16.8 Å². The van der Waals surface area contributed by atoms with Crippen LogP contribution in [0.3, 0.4) is 0 Å². The van der Waals surface area contributed by atoms with Gasteiger partial charge < -0.3 is 15.0 Å². The number of hydrogen-bond acceptors (Lipinski definition) is 6. The second-order valence-corrected chi connectivity index (χ2v) is 9.96. The molecule has 0 radical (unpaired) electrons. The van der Waals surface area contributed by atoms with Gasteiger partial charge in [0.2, 0.25) is 0 Å². The Morgan fingerprint density at radius 3 is 2.59 bits per heavy atom. The molecule has 172 valence electrons. The van der Waals surface area contributed by atoms with Crippen molar-refractivity contribution in [1.29, 1.82) is 0 Å². The largest absolute Gasteiger partial charge is 0.444 e. The summed E-state index contributed by atoms with van der Waals surface area (Å²) in [5.41, 5.74) is 1.45. The van der Waals surface area contributed by atoms with Crippen molar-refractivity contribution in [2.75, 3.05) is 17.2 Å². The molecule has 2 unspecified atom stereocenters. The second kappa shape index (κ2) is 9.68. The zero-order valence-corrected chi connectivity index (χ0v) is 19.9. The third-order valence-corrected chi connectivity index (χ3v) is 5.86. The number of anilines is 2. The number of nitrogens with zero attached hydrogens (tertiary/aromatic N) is 2. The van der Waals surface area contributed by atoms with Gasteiger partial charge in [-0.25, -0.2) is 9.78 Å². The Kier molecular flexibility index (Phi) is 7.18. The van der Waals surface area contributed by atoms with Crippen molar-refractivity contribution in [3.63, 3.8) is 0 Å². The molecule has 1 aliphatic heterocycles. The van der Waals surface area contributed by atoms with E-state index in [2.05, 4.69) is 22.5 Å². The molecule has 3 heterocycles. The highest BCUT2D eigenvalue weighted by Gasteiger charge is 2.34. The summed E-state index contributed by atoms with van der Waals surface area (Å²) in [7, 11) is 0. The van der Waals surface area contributed by atoms with Crippen LogP contribution >= 0.6 is 11.3 Å². The Morgan fingerprint density at radius 1 is 1.22 bits per heavy atom. The number of aryl methyl sites for hydroxylation is 1. The number of likely N-dealkylation sites (tertiary alicyclic amines) is 1. The molecule has 2 N–H and O–H groups in total. The van der Waals surface area contributed by atoms with Gasteiger partial charge in [0.25, 0.3) is 0 Å². The van der Waals surface area contributed by atoms with Crippen molar-refractivity contribution in [1.82, 2.24) is 9.88 Å². The van der Waals surface area contributed by atoms with Crippen LogP contribution in [0.15, 0.2) is 29.1 Å². The molecule has 3 rings (SSSR count). The molecule has 0 saturated carbocycles. The fourth-order valence-electron chi connectivity index (χ4n) is 3.68. The molecule has 0 aromatic carbocycles. The molecule has 0 spiro atoms. The van der Waals surface area contributed by atoms with Crippen molar-refractivity contribution in [3.05, 3.63) is 40.2 Å². The summed E-state index contributed by atoms with van der Waals surface area (Å²) in [6.45, 7) is 9.70. The molecule has 8 nitrogen and oxygen atoms in total. The number of piperidine rings is 1. The fourth-order valence-corrected chi connectivity index (χ4v) is 4.38. The Bertz CT molecular complexity index is 984. The van der Waals surface area contributed by atoms with E-state index in [0.717, 1.165) is 18.4 Å². The van der Waals surface area contributed by atoms with Crippen LogP contribution in [0.25, 0.3) is 0 Å². The van der Waals surface area contributed by atoms with Crippen molar-refractivity contribution >= 4 is 40.7 Å². The standard InChI is InChI=1S/C23H30N4O4S/c1-14-6-7-18(16-8-9-32-13-16)27(12-14)21(29)20(28)25-17-10-15(2)19(24-11-17)26-22(30)31-23(3,4)5/h8-11,13-14,18H,6-7,12H2,1-5H3,(H,25,28)(H,24,26,30). The number of pyridine rings is 1. The monoisotopic (exact) mass is 458 g/mol. The minimum atomic E-state index is -0.701. The van der Waals surface area contributed by atoms with E-state index in [1.54, 1.807) is 50.0 Å². The van der Waals surface area contributed by atoms with E-state index in [9.17, 15) is 14.4 Å². The highest BCUT2D eigenvalue weighted by atomic mass is 32.1. The smallest absolute Gasteiger partial charge is 0.413 e. The molecule has 2 aromatic heterocycles. The topological polar surface area (TPSA) is 101 Å². The number of nitrogens with one attached hydrogen (secondary N) is 2. The summed E-state index contributed by atoms with van der Waals surface area (Å²) in [5, 5.41) is 9.25. The first-order valence-corrected chi connectivity index (χ1v) is 11.6. The molecule has 32 heavy (non-hydrogen) atoms. The van der Waals surface area contributed by atoms with Crippen LogP contribution in [0.1, 0.15) is 57.7 Å². The van der Waals surface area contributed by atoms with Crippen LogP contribution in [0.4, 0.5) is 16.3 Å². The third-order valence-electron chi connectivity index (χ3n) is 5.16. The number of aromatic nitrogens is 1. The average Bonchev–Trinajstić information content (AvgIpc) is 3.22. The Hall–Kier alpha value is -2.94. The molecule has 2 aromatic rings. The highest BCUT2D eigenvalue weighted by molar-refractivity contribution is 7.08. The predicted molar refractivity (Wildman–Crippen MR) is 125 cm³/mol. The molecule has 1 aliphatic rings. The van der Waals surface area contributed by atoms with Gasteiger partial charge in [-0.2, -0.15) is 11.3 Å². The Labute approximate surface area is 192 Å². The van der Waals surface area contributed by atoms with Crippen molar-refractivity contribution in [2.45, 2.75) is 59.1 Å². The molecule has 2 atom stereocenters. The zero-order valence-electron chi connectivity index (χ0n) is 19.1. The summed E-state index contributed by atoms with van der Waals surface area (Å²) >= 11 is 1.58. The molecular weight excluding hydrogens is 428 g/mol. The van der Waals surface area contributed by atoms with Crippen LogP contribution in [0, 0.1) is 12.8 Å². The molecule has 3 amide bonds. The number of carbonyl (C=O) groups is 3. The molecule has 1 fully saturated rings. The minimum Gasteiger partial charge on any atom is -0.444 e. The number of amides is 3. The lowest BCUT2D eigenvalue weighted by Crippen LogP contribution is -2.46. The van der Waals surface area contributed by atoms with Gasteiger partial charge in [-0.05, 0) is 80.5 Å². The van der Waals surface area contributed by atoms with Gasteiger partial charge >= 0.3 is 17.9 Å². The van der Waals surface area contributed by atoms with E-state index >= 15 is 0 Å². The minimum absolute atomic E-state index is 0.0871. The SMILES string of the molecule is Cc1cc(NC(=O)C(=O)N2CC(C)CCC2c2ccsc2)cnc1NC(=O)OC(C)(C)C. The number of thiophene rings is 1. The molecule has 9 heteroatoms. The lowest BCUT2D eigenvalue weighted by molar-refractivity contribution is -0.146. The zero-order chi connectivity index (χ0) is 23.5. The number of hydrogen-bond donors (Lipinski definition) is 2. The number of rotatable bonds is 3. The molecular formula is C23H30N4O4S. The summed E-state index contributed by atoms with van der Waals surface area (Å²) in [6, 6.07) is 3.57. The van der Waals surface area contributed by atoms with Crippen LogP contribution in [0.2, 0.25) is 0 Å². The van der Waals surface area contributed by atoms with E-state index in [-0.39, 0.29) is 6.04 Å². The first-order valence-electron chi connectivity index (χ1n) is 10.6. The average molecular weight is 459 g/mol. The van der Waals surface area contributed by atoms with Gasteiger partial charge in [-0.3, -0.25) is 14.9 Å². The van der Waals surface area contributed by atoms with Crippen LogP contribution in [-0.2, 0) is 14.3 Å². The van der Waals surface area contributed by atoms with E-state index < -0.39 is 23.5 Å². The van der Waals surface area contributed by atoms with Gasteiger partial charge in [0.1, 0.15) is 11.4 Å². The van der Waals surface area contributed by atoms with Gasteiger partial charge in [-0.1, -0.05) is 6.92 Å². The molecule has 0 aliphatic carbocycles. The third kappa shape index (κ3) is 6.06. The van der Waals surface area contributed by atoms with Crippen LogP contribution in [-0.4, -0.2) is 39.9 Å². The van der Waals surface area contributed by atoms with Crippen molar-refractivity contribution in [3.8, 4) is 0 Å². The highest BCUT2D eigenvalue weighted by Crippen LogP contribution is 2.34. The maximum Gasteiger partial charge on any atom is 0.413 e. The van der Waals surface area contributed by atoms with Gasteiger partial charge in [0.05, 0.1) is 17.9 Å². The normalized spacial score (nSPS) is 18.7. The first kappa shape index (κ1) is 23.7. The van der Waals surface area contributed by atoms with Gasteiger partial charge in [-0.15, -0.1) is 0 Å². The van der Waals surface area contributed by atoms with Crippen molar-refractivity contribution < 1.29 is 19.1 Å². The summed E-state index contributed by atoms with van der Waals surface area (Å²) < 4.78 is 5.23. The first-order chi connectivity index (χ1) is 15.0.